The van der Waals surface area contributed by atoms with Gasteiger partial charge in [-0.05, 0) is 51.5 Å². The summed E-state index contributed by atoms with van der Waals surface area (Å²) in [5.41, 5.74) is 2.07. The van der Waals surface area contributed by atoms with Crippen LogP contribution in [0, 0.1) is 6.92 Å². The van der Waals surface area contributed by atoms with Crippen LogP contribution in [0.15, 0.2) is 22.7 Å². The molecular formula is C13H20BrNO2S. The van der Waals surface area contributed by atoms with E-state index in [1.54, 1.807) is 20.8 Å². The van der Waals surface area contributed by atoms with Crippen LogP contribution in [0.4, 0.5) is 5.69 Å². The molecule has 0 saturated heterocycles. The lowest BCUT2D eigenvalue weighted by molar-refractivity contribution is 0.560. The molecule has 1 aromatic rings. The summed E-state index contributed by atoms with van der Waals surface area (Å²) in [6.45, 7) is 7.62. The molecule has 0 aromatic heterocycles. The minimum atomic E-state index is -3.06. The summed E-state index contributed by atoms with van der Waals surface area (Å²) in [6, 6.07) is 5.88. The zero-order valence-corrected chi connectivity index (χ0v) is 13.7. The van der Waals surface area contributed by atoms with Crippen LogP contribution in [0.5, 0.6) is 0 Å². The third-order valence-corrected chi connectivity index (χ3v) is 6.29. The van der Waals surface area contributed by atoms with Crippen molar-refractivity contribution in [1.29, 1.82) is 0 Å². The standard InChI is InChI=1S/C13H20BrNO2S/c1-10-9-11(5-6-12(10)14)15-7-8-18(16,17)13(2,3)4/h5-6,9,15H,7-8H2,1-4H3. The highest BCUT2D eigenvalue weighted by Crippen LogP contribution is 2.20. The second-order valence-corrected chi connectivity index (χ2v) is 9.04. The number of sulfone groups is 1. The third-order valence-electron chi connectivity index (χ3n) is 2.79. The van der Waals surface area contributed by atoms with Crippen molar-refractivity contribution in [2.75, 3.05) is 17.6 Å². The second-order valence-electron chi connectivity index (χ2n) is 5.32. The summed E-state index contributed by atoms with van der Waals surface area (Å²) in [7, 11) is -3.06. The molecule has 18 heavy (non-hydrogen) atoms. The van der Waals surface area contributed by atoms with Crippen LogP contribution in [0.25, 0.3) is 0 Å². The van der Waals surface area contributed by atoms with E-state index in [2.05, 4.69) is 21.2 Å². The monoisotopic (exact) mass is 333 g/mol. The maximum atomic E-state index is 11.9. The number of anilines is 1. The molecule has 0 aliphatic heterocycles. The summed E-state index contributed by atoms with van der Waals surface area (Å²) >= 11 is 3.43. The van der Waals surface area contributed by atoms with E-state index >= 15 is 0 Å². The van der Waals surface area contributed by atoms with E-state index in [0.29, 0.717) is 6.54 Å². The van der Waals surface area contributed by atoms with Gasteiger partial charge in [0.2, 0.25) is 0 Å². The van der Waals surface area contributed by atoms with E-state index in [-0.39, 0.29) is 5.75 Å². The normalized spacial score (nSPS) is 12.5. The molecule has 5 heteroatoms. The fourth-order valence-corrected chi connectivity index (χ4v) is 2.62. The first-order valence-electron chi connectivity index (χ1n) is 5.86. The van der Waals surface area contributed by atoms with Crippen molar-refractivity contribution in [3.8, 4) is 0 Å². The zero-order valence-electron chi connectivity index (χ0n) is 11.2. The third kappa shape index (κ3) is 3.99. The summed E-state index contributed by atoms with van der Waals surface area (Å²) in [5.74, 6) is 0.144. The van der Waals surface area contributed by atoms with Crippen LogP contribution in [-0.2, 0) is 9.84 Å². The van der Waals surface area contributed by atoms with E-state index < -0.39 is 14.6 Å². The number of nitrogens with one attached hydrogen (secondary N) is 1. The van der Waals surface area contributed by atoms with Crippen LogP contribution < -0.4 is 5.32 Å². The molecule has 3 nitrogen and oxygen atoms in total. The highest BCUT2D eigenvalue weighted by atomic mass is 79.9. The number of aryl methyl sites for hydroxylation is 1. The molecule has 0 saturated carbocycles. The summed E-state index contributed by atoms with van der Waals surface area (Å²) in [5, 5.41) is 3.14. The van der Waals surface area contributed by atoms with Gasteiger partial charge in [0, 0.05) is 16.7 Å². The van der Waals surface area contributed by atoms with Crippen molar-refractivity contribution in [2.45, 2.75) is 32.4 Å². The molecule has 1 rings (SSSR count). The average molecular weight is 334 g/mol. The molecule has 0 fully saturated rings. The number of hydrogen-bond donors (Lipinski definition) is 1. The quantitative estimate of drug-likeness (QED) is 0.918. The van der Waals surface area contributed by atoms with Gasteiger partial charge in [-0.1, -0.05) is 15.9 Å². The molecule has 0 aliphatic rings. The van der Waals surface area contributed by atoms with Crippen LogP contribution >= 0.6 is 15.9 Å². The summed E-state index contributed by atoms with van der Waals surface area (Å²) in [6.07, 6.45) is 0. The molecule has 0 radical (unpaired) electrons. The molecule has 1 N–H and O–H groups in total. The Morgan fingerprint density at radius 1 is 1.28 bits per heavy atom. The van der Waals surface area contributed by atoms with Crippen molar-refractivity contribution < 1.29 is 8.42 Å². The Bertz CT molecular complexity index is 518. The van der Waals surface area contributed by atoms with Gasteiger partial charge in [0.05, 0.1) is 10.5 Å². The van der Waals surface area contributed by atoms with Crippen LogP contribution in [0.3, 0.4) is 0 Å². The number of halogens is 1. The minimum Gasteiger partial charge on any atom is -0.384 e. The zero-order chi connectivity index (χ0) is 14.0. The van der Waals surface area contributed by atoms with Gasteiger partial charge in [0.15, 0.2) is 9.84 Å². The Kier molecular flexibility index (Phi) is 4.84. The van der Waals surface area contributed by atoms with Gasteiger partial charge in [-0.25, -0.2) is 8.42 Å². The van der Waals surface area contributed by atoms with Crippen LogP contribution in [0.2, 0.25) is 0 Å². The Morgan fingerprint density at radius 3 is 2.39 bits per heavy atom. The van der Waals surface area contributed by atoms with Crippen molar-refractivity contribution in [1.82, 2.24) is 0 Å². The van der Waals surface area contributed by atoms with E-state index in [4.69, 9.17) is 0 Å². The molecule has 0 bridgehead atoms. The van der Waals surface area contributed by atoms with Crippen molar-refractivity contribution >= 4 is 31.5 Å². The lowest BCUT2D eigenvalue weighted by Gasteiger charge is -2.19. The molecule has 0 amide bonds. The van der Waals surface area contributed by atoms with Crippen molar-refractivity contribution in [3.05, 3.63) is 28.2 Å². The van der Waals surface area contributed by atoms with Gasteiger partial charge < -0.3 is 5.32 Å². The molecule has 0 aliphatic carbocycles. The Hall–Kier alpha value is -0.550. The summed E-state index contributed by atoms with van der Waals surface area (Å²) in [4.78, 5) is 0. The lowest BCUT2D eigenvalue weighted by atomic mass is 10.2. The topological polar surface area (TPSA) is 46.2 Å². The predicted octanol–water partition coefficient (Wildman–Crippen LogP) is 3.38. The molecule has 0 atom stereocenters. The SMILES string of the molecule is Cc1cc(NCCS(=O)(=O)C(C)(C)C)ccc1Br. The predicted molar refractivity (Wildman–Crippen MR) is 80.9 cm³/mol. The van der Waals surface area contributed by atoms with Crippen LogP contribution in [-0.4, -0.2) is 25.5 Å². The average Bonchev–Trinajstić information content (AvgIpc) is 2.21. The first-order chi connectivity index (χ1) is 8.13. The Balaban J connectivity index is 2.60. The highest BCUT2D eigenvalue weighted by Gasteiger charge is 2.28. The number of rotatable bonds is 4. The van der Waals surface area contributed by atoms with Gasteiger partial charge in [0.1, 0.15) is 0 Å². The number of hydrogen-bond acceptors (Lipinski definition) is 3. The number of benzene rings is 1. The van der Waals surface area contributed by atoms with E-state index in [1.807, 2.05) is 25.1 Å². The van der Waals surface area contributed by atoms with Gasteiger partial charge >= 0.3 is 0 Å². The second kappa shape index (κ2) is 5.61. The molecule has 0 unspecified atom stereocenters. The molecule has 0 spiro atoms. The molecule has 1 aromatic carbocycles. The van der Waals surface area contributed by atoms with Gasteiger partial charge in [-0.2, -0.15) is 0 Å². The minimum absolute atomic E-state index is 0.144. The van der Waals surface area contributed by atoms with E-state index in [0.717, 1.165) is 15.7 Å². The first-order valence-corrected chi connectivity index (χ1v) is 8.30. The lowest BCUT2D eigenvalue weighted by Crippen LogP contribution is -2.32. The van der Waals surface area contributed by atoms with Crippen molar-refractivity contribution in [3.63, 3.8) is 0 Å². The fraction of sp³-hybridized carbons (Fsp3) is 0.538. The Labute approximate surface area is 118 Å². The van der Waals surface area contributed by atoms with Gasteiger partial charge in [-0.3, -0.25) is 0 Å². The first kappa shape index (κ1) is 15.5. The van der Waals surface area contributed by atoms with Gasteiger partial charge in [-0.15, -0.1) is 0 Å². The highest BCUT2D eigenvalue weighted by molar-refractivity contribution is 9.10. The molecule has 0 heterocycles. The Morgan fingerprint density at radius 2 is 1.89 bits per heavy atom. The maximum absolute atomic E-state index is 11.9. The van der Waals surface area contributed by atoms with E-state index in [1.165, 1.54) is 0 Å². The van der Waals surface area contributed by atoms with Crippen LogP contribution in [0.1, 0.15) is 26.3 Å². The van der Waals surface area contributed by atoms with E-state index in [9.17, 15) is 8.42 Å². The maximum Gasteiger partial charge on any atom is 0.156 e. The fourth-order valence-electron chi connectivity index (χ4n) is 1.39. The summed E-state index contributed by atoms with van der Waals surface area (Å²) < 4.78 is 24.2. The largest absolute Gasteiger partial charge is 0.384 e. The van der Waals surface area contributed by atoms with Gasteiger partial charge in [0.25, 0.3) is 0 Å². The molecular weight excluding hydrogens is 314 g/mol. The van der Waals surface area contributed by atoms with Crippen molar-refractivity contribution in [2.24, 2.45) is 0 Å². The smallest absolute Gasteiger partial charge is 0.156 e. The molecule has 102 valence electrons.